The van der Waals surface area contributed by atoms with Crippen LogP contribution in [0.15, 0.2) is 24.3 Å². The van der Waals surface area contributed by atoms with E-state index in [1.54, 1.807) is 4.90 Å². The Labute approximate surface area is 157 Å². The van der Waals surface area contributed by atoms with Crippen molar-refractivity contribution in [2.75, 3.05) is 13.1 Å². The van der Waals surface area contributed by atoms with Gasteiger partial charge < -0.3 is 24.3 Å². The summed E-state index contributed by atoms with van der Waals surface area (Å²) in [4.78, 5) is 14.5. The van der Waals surface area contributed by atoms with E-state index in [0.717, 1.165) is 49.0 Å². The van der Waals surface area contributed by atoms with E-state index in [4.69, 9.17) is 9.47 Å². The Morgan fingerprint density at radius 2 is 1.96 bits per heavy atom. The molecule has 5 rings (SSSR count). The number of amides is 2. The van der Waals surface area contributed by atoms with Crippen molar-refractivity contribution in [1.29, 1.82) is 0 Å². The highest BCUT2D eigenvalue weighted by Gasteiger charge is 2.48. The first-order valence-electron chi connectivity index (χ1n) is 9.58. The Kier molecular flexibility index (Phi) is 3.73. The molecule has 1 fully saturated rings. The summed E-state index contributed by atoms with van der Waals surface area (Å²) in [5.41, 5.74) is 0. The lowest BCUT2D eigenvalue weighted by atomic mass is 10.1. The molecule has 1 aromatic heterocycles. The second kappa shape index (κ2) is 6.14. The number of nitrogens with one attached hydrogen (secondary N) is 1. The van der Waals surface area contributed by atoms with E-state index in [0.29, 0.717) is 19.5 Å². The van der Waals surface area contributed by atoms with Gasteiger partial charge in [-0.15, -0.1) is 10.2 Å². The number of urea groups is 1. The second-order valence-electron chi connectivity index (χ2n) is 7.49. The minimum Gasteiger partial charge on any atom is -0.447 e. The zero-order chi connectivity index (χ0) is 18.4. The number of likely N-dealkylation sites (tertiary alicyclic amines) is 1. The van der Waals surface area contributed by atoms with Crippen molar-refractivity contribution in [1.82, 2.24) is 25.0 Å². The summed E-state index contributed by atoms with van der Waals surface area (Å²) >= 11 is 0. The molecule has 2 amide bonds. The van der Waals surface area contributed by atoms with E-state index < -0.39 is 5.79 Å². The molecule has 0 bridgehead atoms. The molecule has 8 nitrogen and oxygen atoms in total. The number of hydrogen-bond donors (Lipinski definition) is 1. The van der Waals surface area contributed by atoms with E-state index in [1.807, 2.05) is 31.2 Å². The van der Waals surface area contributed by atoms with E-state index in [9.17, 15) is 4.79 Å². The third kappa shape index (κ3) is 2.79. The number of ether oxygens (including phenoxy) is 2. The first kappa shape index (κ1) is 16.4. The molecule has 27 heavy (non-hydrogen) atoms. The van der Waals surface area contributed by atoms with Crippen LogP contribution in [0.3, 0.4) is 0 Å². The Morgan fingerprint density at radius 1 is 1.19 bits per heavy atom. The molecule has 1 saturated heterocycles. The fourth-order valence-corrected chi connectivity index (χ4v) is 4.13. The summed E-state index contributed by atoms with van der Waals surface area (Å²) in [6.07, 6.45) is 3.88. The summed E-state index contributed by atoms with van der Waals surface area (Å²) in [5, 5.41) is 11.6. The molecule has 3 aliphatic heterocycles. The van der Waals surface area contributed by atoms with Gasteiger partial charge in [-0.1, -0.05) is 12.1 Å². The first-order chi connectivity index (χ1) is 13.1. The molecule has 1 unspecified atom stereocenters. The molecule has 1 N–H and O–H groups in total. The van der Waals surface area contributed by atoms with Crippen LogP contribution in [0, 0.1) is 0 Å². The number of aromatic nitrogens is 3. The van der Waals surface area contributed by atoms with Gasteiger partial charge >= 0.3 is 6.03 Å². The number of carbonyl (C=O) groups excluding carboxylic acids is 1. The van der Waals surface area contributed by atoms with E-state index >= 15 is 0 Å². The molecule has 1 atom stereocenters. The van der Waals surface area contributed by atoms with Gasteiger partial charge in [0.15, 0.2) is 17.3 Å². The highest BCUT2D eigenvalue weighted by atomic mass is 16.7. The lowest BCUT2D eigenvalue weighted by molar-refractivity contribution is -0.0650. The summed E-state index contributed by atoms with van der Waals surface area (Å²) < 4.78 is 14.2. The van der Waals surface area contributed by atoms with Crippen LogP contribution >= 0.6 is 0 Å². The molecule has 0 aliphatic carbocycles. The summed E-state index contributed by atoms with van der Waals surface area (Å²) in [7, 11) is 0. The van der Waals surface area contributed by atoms with Gasteiger partial charge in [-0.25, -0.2) is 4.79 Å². The van der Waals surface area contributed by atoms with Crippen LogP contribution in [-0.2, 0) is 13.0 Å². The lowest BCUT2D eigenvalue weighted by Gasteiger charge is -2.24. The molecule has 0 saturated carbocycles. The minimum absolute atomic E-state index is 0.129. The summed E-state index contributed by atoms with van der Waals surface area (Å²) in [6.45, 7) is 3.86. The SMILES string of the molecule is CC(NC(=O)N1CCC2(C1)Oc1ccccc1O2)c1nnc2n1CCCC2. The van der Waals surface area contributed by atoms with Crippen molar-refractivity contribution >= 4 is 6.03 Å². The van der Waals surface area contributed by atoms with Crippen LogP contribution in [0.25, 0.3) is 0 Å². The van der Waals surface area contributed by atoms with Gasteiger partial charge in [-0.3, -0.25) is 0 Å². The summed E-state index contributed by atoms with van der Waals surface area (Å²) in [6, 6.07) is 7.29. The predicted molar refractivity (Wildman–Crippen MR) is 96.5 cm³/mol. The highest BCUT2D eigenvalue weighted by Crippen LogP contribution is 2.42. The molecule has 1 aromatic carbocycles. The van der Waals surface area contributed by atoms with Gasteiger partial charge in [0.05, 0.1) is 12.6 Å². The number of hydrogen-bond acceptors (Lipinski definition) is 5. The Bertz CT molecular complexity index is 855. The fraction of sp³-hybridized carbons (Fsp3) is 0.526. The maximum atomic E-state index is 12.8. The Balaban J connectivity index is 1.24. The Morgan fingerprint density at radius 3 is 2.74 bits per heavy atom. The number of rotatable bonds is 2. The molecular formula is C19H23N5O3. The molecular weight excluding hydrogens is 346 g/mol. The third-order valence-corrected chi connectivity index (χ3v) is 5.54. The molecule has 142 valence electrons. The van der Waals surface area contributed by atoms with Gasteiger partial charge in [0, 0.05) is 25.9 Å². The molecule has 2 aromatic rings. The van der Waals surface area contributed by atoms with Gasteiger partial charge in [-0.2, -0.15) is 0 Å². The maximum Gasteiger partial charge on any atom is 0.318 e. The third-order valence-electron chi connectivity index (χ3n) is 5.54. The highest BCUT2D eigenvalue weighted by molar-refractivity contribution is 5.75. The van der Waals surface area contributed by atoms with E-state index in [-0.39, 0.29) is 12.1 Å². The number of fused-ring (bicyclic) bond motifs is 2. The summed E-state index contributed by atoms with van der Waals surface area (Å²) in [5.74, 6) is 2.56. The van der Waals surface area contributed by atoms with Crippen molar-refractivity contribution in [3.63, 3.8) is 0 Å². The van der Waals surface area contributed by atoms with Crippen molar-refractivity contribution in [3.05, 3.63) is 35.9 Å². The van der Waals surface area contributed by atoms with E-state index in [2.05, 4.69) is 20.1 Å². The van der Waals surface area contributed by atoms with E-state index in [1.165, 1.54) is 0 Å². The number of para-hydroxylation sites is 2. The largest absolute Gasteiger partial charge is 0.447 e. The van der Waals surface area contributed by atoms with Crippen LogP contribution in [0.5, 0.6) is 11.5 Å². The zero-order valence-electron chi connectivity index (χ0n) is 15.4. The molecule has 8 heteroatoms. The normalized spacial score (nSPS) is 20.6. The molecule has 4 heterocycles. The zero-order valence-corrected chi connectivity index (χ0v) is 15.4. The van der Waals surface area contributed by atoms with Crippen molar-refractivity contribution in [2.24, 2.45) is 0 Å². The second-order valence-corrected chi connectivity index (χ2v) is 7.49. The average molecular weight is 369 g/mol. The van der Waals surface area contributed by atoms with Gasteiger partial charge in [0.2, 0.25) is 0 Å². The lowest BCUT2D eigenvalue weighted by Crippen LogP contribution is -2.46. The van der Waals surface area contributed by atoms with Gasteiger partial charge in [0.1, 0.15) is 5.82 Å². The number of nitrogens with zero attached hydrogens (tertiary/aromatic N) is 4. The Hall–Kier alpha value is -2.77. The monoisotopic (exact) mass is 369 g/mol. The predicted octanol–water partition coefficient (Wildman–Crippen LogP) is 2.26. The van der Waals surface area contributed by atoms with Crippen LogP contribution in [-0.4, -0.2) is 44.6 Å². The molecule has 1 spiro atoms. The van der Waals surface area contributed by atoms with Crippen LogP contribution in [0.1, 0.15) is 43.9 Å². The van der Waals surface area contributed by atoms with Crippen molar-refractivity contribution < 1.29 is 14.3 Å². The minimum atomic E-state index is -0.766. The van der Waals surface area contributed by atoms with Crippen LogP contribution < -0.4 is 14.8 Å². The van der Waals surface area contributed by atoms with Crippen molar-refractivity contribution in [2.45, 2.75) is 51.0 Å². The standard InChI is InChI=1S/C19H23N5O3/c1-13(17-22-21-16-8-4-5-10-24(16)17)20-18(25)23-11-9-19(12-23)26-14-6-2-3-7-15(14)27-19/h2-3,6-7,13H,4-5,8-12H2,1H3,(H,20,25). The maximum absolute atomic E-state index is 12.8. The topological polar surface area (TPSA) is 81.5 Å². The van der Waals surface area contributed by atoms with Gasteiger partial charge in [0.25, 0.3) is 5.79 Å². The van der Waals surface area contributed by atoms with Crippen LogP contribution in [0.4, 0.5) is 4.79 Å². The van der Waals surface area contributed by atoms with Crippen molar-refractivity contribution in [3.8, 4) is 11.5 Å². The number of benzene rings is 1. The fourth-order valence-electron chi connectivity index (χ4n) is 4.13. The number of carbonyl (C=O) groups is 1. The quantitative estimate of drug-likeness (QED) is 0.878. The number of aryl methyl sites for hydroxylation is 1. The average Bonchev–Trinajstić information content (AvgIpc) is 3.37. The first-order valence-corrected chi connectivity index (χ1v) is 9.58. The molecule has 3 aliphatic rings. The smallest absolute Gasteiger partial charge is 0.318 e. The molecule has 0 radical (unpaired) electrons. The van der Waals surface area contributed by atoms with Gasteiger partial charge in [-0.05, 0) is 31.9 Å². The van der Waals surface area contributed by atoms with Crippen LogP contribution in [0.2, 0.25) is 0 Å².